The van der Waals surface area contributed by atoms with E-state index in [1.165, 1.54) is 0 Å². The molecule has 2 fully saturated rings. The van der Waals surface area contributed by atoms with Gasteiger partial charge in [-0.1, -0.05) is 0 Å². The van der Waals surface area contributed by atoms with E-state index in [4.69, 9.17) is 0 Å². The highest BCUT2D eigenvalue weighted by Crippen LogP contribution is 2.47. The van der Waals surface area contributed by atoms with Crippen LogP contribution in [0.1, 0.15) is 40.5 Å². The van der Waals surface area contributed by atoms with E-state index in [0.717, 1.165) is 6.42 Å². The standard InChI is InChI=1S/C14H23N3O3S/c1-13(2,3)16-10(18)7-15-12(20)9-8-21-14(4)6-5-11(19)17(9)14/h9H,5-8H2,1-4H3,(H,15,20)(H,16,18)/t9-,14+/m1/s1. The van der Waals surface area contributed by atoms with Crippen LogP contribution in [0.2, 0.25) is 0 Å². The minimum Gasteiger partial charge on any atom is -0.350 e. The number of nitrogens with zero attached hydrogens (tertiary/aromatic N) is 1. The van der Waals surface area contributed by atoms with Gasteiger partial charge in [0.2, 0.25) is 17.7 Å². The molecule has 2 rings (SSSR count). The summed E-state index contributed by atoms with van der Waals surface area (Å²) in [5, 5.41) is 5.43. The van der Waals surface area contributed by atoms with E-state index in [2.05, 4.69) is 10.6 Å². The first-order chi connectivity index (χ1) is 9.62. The number of hydrogen-bond donors (Lipinski definition) is 2. The van der Waals surface area contributed by atoms with Crippen molar-refractivity contribution in [2.45, 2.75) is 57.0 Å². The summed E-state index contributed by atoms with van der Waals surface area (Å²) >= 11 is 1.64. The van der Waals surface area contributed by atoms with Crippen LogP contribution in [0.3, 0.4) is 0 Å². The number of hydrogen-bond acceptors (Lipinski definition) is 4. The van der Waals surface area contributed by atoms with Crippen LogP contribution in [0.25, 0.3) is 0 Å². The largest absolute Gasteiger partial charge is 0.350 e. The van der Waals surface area contributed by atoms with Gasteiger partial charge in [-0.05, 0) is 34.1 Å². The van der Waals surface area contributed by atoms with Gasteiger partial charge in [0.25, 0.3) is 0 Å². The van der Waals surface area contributed by atoms with Crippen molar-refractivity contribution in [2.75, 3.05) is 12.3 Å². The molecule has 0 saturated carbocycles. The Kier molecular flexibility index (Phi) is 4.24. The van der Waals surface area contributed by atoms with Crippen molar-refractivity contribution in [1.29, 1.82) is 0 Å². The van der Waals surface area contributed by atoms with Gasteiger partial charge in [0, 0.05) is 17.7 Å². The molecule has 2 aliphatic heterocycles. The van der Waals surface area contributed by atoms with Gasteiger partial charge in [0.15, 0.2) is 0 Å². The average molecular weight is 313 g/mol. The third-order valence-electron chi connectivity index (χ3n) is 3.69. The third-order valence-corrected chi connectivity index (χ3v) is 5.19. The summed E-state index contributed by atoms with van der Waals surface area (Å²) in [6.45, 7) is 7.59. The molecule has 2 saturated heterocycles. The molecule has 0 aromatic carbocycles. The smallest absolute Gasteiger partial charge is 0.244 e. The number of carbonyl (C=O) groups is 3. The molecule has 2 heterocycles. The fourth-order valence-corrected chi connectivity index (χ4v) is 4.19. The highest BCUT2D eigenvalue weighted by molar-refractivity contribution is 8.01. The van der Waals surface area contributed by atoms with Gasteiger partial charge in [-0.15, -0.1) is 11.8 Å². The molecule has 0 bridgehead atoms. The highest BCUT2D eigenvalue weighted by atomic mass is 32.2. The minimum atomic E-state index is -0.461. The molecule has 0 aliphatic carbocycles. The van der Waals surface area contributed by atoms with E-state index in [-0.39, 0.29) is 34.7 Å². The molecule has 0 unspecified atom stereocenters. The quantitative estimate of drug-likeness (QED) is 0.794. The lowest BCUT2D eigenvalue weighted by atomic mass is 10.1. The van der Waals surface area contributed by atoms with Crippen LogP contribution in [-0.2, 0) is 14.4 Å². The van der Waals surface area contributed by atoms with Gasteiger partial charge in [-0.25, -0.2) is 0 Å². The van der Waals surface area contributed by atoms with Gasteiger partial charge in [-0.2, -0.15) is 0 Å². The normalized spacial score (nSPS) is 28.5. The molecule has 3 amide bonds. The number of nitrogens with one attached hydrogen (secondary N) is 2. The Labute approximate surface area is 129 Å². The zero-order valence-corrected chi connectivity index (χ0v) is 13.8. The zero-order valence-electron chi connectivity index (χ0n) is 13.0. The van der Waals surface area contributed by atoms with Gasteiger partial charge < -0.3 is 15.5 Å². The maximum atomic E-state index is 12.2. The monoisotopic (exact) mass is 313 g/mol. The lowest BCUT2D eigenvalue weighted by Crippen LogP contribution is -2.52. The first-order valence-electron chi connectivity index (χ1n) is 7.17. The van der Waals surface area contributed by atoms with Crippen LogP contribution >= 0.6 is 11.8 Å². The van der Waals surface area contributed by atoms with Crippen molar-refractivity contribution in [2.24, 2.45) is 0 Å². The molecular formula is C14H23N3O3S. The van der Waals surface area contributed by atoms with Crippen molar-refractivity contribution < 1.29 is 14.4 Å². The SMILES string of the molecule is CC(C)(C)NC(=O)CNC(=O)[C@H]1CS[C@@]2(C)CCC(=O)N12. The molecule has 21 heavy (non-hydrogen) atoms. The van der Waals surface area contributed by atoms with E-state index in [9.17, 15) is 14.4 Å². The molecule has 2 aliphatic rings. The van der Waals surface area contributed by atoms with E-state index >= 15 is 0 Å². The second-order valence-electron chi connectivity index (χ2n) is 6.78. The summed E-state index contributed by atoms with van der Waals surface area (Å²) in [5.41, 5.74) is -0.325. The summed E-state index contributed by atoms with van der Waals surface area (Å²) in [4.78, 5) is 37.4. The van der Waals surface area contributed by atoms with Crippen LogP contribution in [0.5, 0.6) is 0 Å². The Bertz CT molecular complexity index is 475. The van der Waals surface area contributed by atoms with Crippen LogP contribution in [0.4, 0.5) is 0 Å². The zero-order chi connectivity index (χ0) is 15.8. The van der Waals surface area contributed by atoms with Crippen LogP contribution in [0, 0.1) is 0 Å². The van der Waals surface area contributed by atoms with Gasteiger partial charge in [-0.3, -0.25) is 14.4 Å². The van der Waals surface area contributed by atoms with Crippen molar-refractivity contribution in [3.8, 4) is 0 Å². The van der Waals surface area contributed by atoms with Crippen LogP contribution < -0.4 is 10.6 Å². The molecular weight excluding hydrogens is 290 g/mol. The van der Waals surface area contributed by atoms with E-state index < -0.39 is 6.04 Å². The molecule has 6 nitrogen and oxygen atoms in total. The lowest BCUT2D eigenvalue weighted by Gasteiger charge is -2.29. The summed E-state index contributed by atoms with van der Waals surface area (Å²) in [7, 11) is 0. The molecule has 2 N–H and O–H groups in total. The first kappa shape index (κ1) is 16.1. The number of carbonyl (C=O) groups excluding carboxylic acids is 3. The molecule has 0 aromatic heterocycles. The molecule has 7 heteroatoms. The molecule has 0 radical (unpaired) electrons. The number of thioether (sulfide) groups is 1. The van der Waals surface area contributed by atoms with Gasteiger partial charge in [0.05, 0.1) is 11.4 Å². The lowest BCUT2D eigenvalue weighted by molar-refractivity contribution is -0.138. The van der Waals surface area contributed by atoms with Crippen LogP contribution in [-0.4, -0.2) is 51.4 Å². The maximum Gasteiger partial charge on any atom is 0.244 e. The molecule has 0 aromatic rings. The van der Waals surface area contributed by atoms with Crippen molar-refractivity contribution in [3.63, 3.8) is 0 Å². The summed E-state index contributed by atoms with van der Waals surface area (Å²) in [6.07, 6.45) is 1.28. The fourth-order valence-electron chi connectivity index (χ4n) is 2.76. The van der Waals surface area contributed by atoms with Crippen molar-refractivity contribution in [3.05, 3.63) is 0 Å². The second kappa shape index (κ2) is 5.51. The van der Waals surface area contributed by atoms with Gasteiger partial charge in [0.1, 0.15) is 6.04 Å². The summed E-state index contributed by atoms with van der Waals surface area (Å²) < 4.78 is 0. The molecule has 0 spiro atoms. The predicted octanol–water partition coefficient (Wildman–Crippen LogP) is 0.471. The second-order valence-corrected chi connectivity index (χ2v) is 8.28. The predicted molar refractivity (Wildman–Crippen MR) is 81.6 cm³/mol. The number of fused-ring (bicyclic) bond motifs is 1. The number of rotatable bonds is 3. The molecule has 118 valence electrons. The Hall–Kier alpha value is -1.24. The summed E-state index contributed by atoms with van der Waals surface area (Å²) in [5.74, 6) is 0.152. The van der Waals surface area contributed by atoms with Crippen LogP contribution in [0.15, 0.2) is 0 Å². The minimum absolute atomic E-state index is 0.0294. The Morgan fingerprint density at radius 3 is 2.71 bits per heavy atom. The fraction of sp³-hybridized carbons (Fsp3) is 0.786. The van der Waals surface area contributed by atoms with E-state index in [0.29, 0.717) is 12.2 Å². The van der Waals surface area contributed by atoms with Crippen molar-refractivity contribution >= 4 is 29.5 Å². The maximum absolute atomic E-state index is 12.2. The third kappa shape index (κ3) is 3.51. The highest BCUT2D eigenvalue weighted by Gasteiger charge is 2.52. The molecule has 2 atom stereocenters. The Morgan fingerprint density at radius 2 is 2.10 bits per heavy atom. The first-order valence-corrected chi connectivity index (χ1v) is 8.16. The van der Waals surface area contributed by atoms with E-state index in [1.54, 1.807) is 16.7 Å². The Balaban J connectivity index is 1.90. The Morgan fingerprint density at radius 1 is 1.43 bits per heavy atom. The van der Waals surface area contributed by atoms with Gasteiger partial charge >= 0.3 is 0 Å². The number of amides is 3. The van der Waals surface area contributed by atoms with Crippen molar-refractivity contribution in [1.82, 2.24) is 15.5 Å². The average Bonchev–Trinajstić information content (AvgIpc) is 2.82. The summed E-state index contributed by atoms with van der Waals surface area (Å²) in [6, 6.07) is -0.461. The topological polar surface area (TPSA) is 78.5 Å². The van der Waals surface area contributed by atoms with E-state index in [1.807, 2.05) is 27.7 Å².